The molecule has 6 nitrogen and oxygen atoms in total. The minimum Gasteiger partial charge on any atom is -0.497 e. The Hall–Kier alpha value is -3.28. The molecule has 3 aromatic rings. The van der Waals surface area contributed by atoms with Crippen molar-refractivity contribution in [2.45, 2.75) is 26.8 Å². The fourth-order valence-corrected chi connectivity index (χ4v) is 2.90. The van der Waals surface area contributed by atoms with Crippen LogP contribution in [0.4, 0.5) is 0 Å². The number of carbonyl (C=O) groups is 1. The number of methoxy groups -OCH3 is 2. The van der Waals surface area contributed by atoms with E-state index in [1.165, 1.54) is 0 Å². The van der Waals surface area contributed by atoms with Gasteiger partial charge < -0.3 is 14.8 Å². The SMILES string of the molecule is COc1ccc(-c2cc(C(=O)N[C@@H](C)C(C)C)n(-c3ccccc3)n2)c(OC)c1. The monoisotopic (exact) mass is 393 g/mol. The Labute approximate surface area is 171 Å². The maximum atomic E-state index is 13.0. The van der Waals surface area contributed by atoms with Crippen LogP contribution in [0.5, 0.6) is 11.5 Å². The standard InChI is InChI=1S/C23H27N3O3/c1-15(2)16(3)24-23(27)21-14-20(25-26(21)17-9-7-6-8-10-17)19-12-11-18(28-4)13-22(19)29-5/h6-16H,1-5H3,(H,24,27)/t16-/m0/s1. The number of rotatable bonds is 7. The van der Waals surface area contributed by atoms with Gasteiger partial charge >= 0.3 is 0 Å². The number of para-hydroxylation sites is 1. The average molecular weight is 393 g/mol. The fourth-order valence-electron chi connectivity index (χ4n) is 2.90. The first kappa shape index (κ1) is 20.5. The summed E-state index contributed by atoms with van der Waals surface area (Å²) in [5, 5.41) is 7.79. The molecule has 6 heteroatoms. The van der Waals surface area contributed by atoms with Crippen LogP contribution in [0.3, 0.4) is 0 Å². The molecule has 0 aliphatic carbocycles. The first-order chi connectivity index (χ1) is 13.9. The minimum absolute atomic E-state index is 0.0422. The predicted molar refractivity (Wildman–Crippen MR) is 114 cm³/mol. The third-order valence-electron chi connectivity index (χ3n) is 4.99. The van der Waals surface area contributed by atoms with Crippen LogP contribution in [-0.4, -0.2) is 35.9 Å². The normalized spacial score (nSPS) is 11.9. The smallest absolute Gasteiger partial charge is 0.270 e. The Morgan fingerprint density at radius 2 is 1.72 bits per heavy atom. The van der Waals surface area contributed by atoms with E-state index in [4.69, 9.17) is 14.6 Å². The Bertz CT molecular complexity index is 980. The summed E-state index contributed by atoms with van der Waals surface area (Å²) < 4.78 is 12.5. The van der Waals surface area contributed by atoms with Gasteiger partial charge in [0.15, 0.2) is 0 Å². The molecule has 0 saturated heterocycles. The molecule has 1 aromatic heterocycles. The van der Waals surface area contributed by atoms with Crippen LogP contribution in [0.2, 0.25) is 0 Å². The van der Waals surface area contributed by atoms with E-state index in [1.54, 1.807) is 31.0 Å². The molecule has 1 atom stereocenters. The number of carbonyl (C=O) groups excluding carboxylic acids is 1. The quantitative estimate of drug-likeness (QED) is 0.649. The molecule has 3 rings (SSSR count). The molecule has 152 valence electrons. The maximum absolute atomic E-state index is 13.0. The van der Waals surface area contributed by atoms with E-state index < -0.39 is 0 Å². The van der Waals surface area contributed by atoms with Crippen LogP contribution in [0.1, 0.15) is 31.3 Å². The van der Waals surface area contributed by atoms with Gasteiger partial charge in [0.05, 0.1) is 25.6 Å². The second-order valence-electron chi connectivity index (χ2n) is 7.23. The Kier molecular flexibility index (Phi) is 6.22. The topological polar surface area (TPSA) is 65.4 Å². The zero-order chi connectivity index (χ0) is 21.0. The van der Waals surface area contributed by atoms with Crippen molar-refractivity contribution in [1.29, 1.82) is 0 Å². The molecule has 1 heterocycles. The summed E-state index contributed by atoms with van der Waals surface area (Å²) in [7, 11) is 3.21. The Morgan fingerprint density at radius 3 is 2.34 bits per heavy atom. The van der Waals surface area contributed by atoms with Crippen LogP contribution < -0.4 is 14.8 Å². The van der Waals surface area contributed by atoms with Gasteiger partial charge in [-0.1, -0.05) is 32.0 Å². The van der Waals surface area contributed by atoms with Crippen molar-refractivity contribution >= 4 is 5.91 Å². The van der Waals surface area contributed by atoms with Crippen molar-refractivity contribution in [3.63, 3.8) is 0 Å². The summed E-state index contributed by atoms with van der Waals surface area (Å²) in [6, 6.07) is 17.0. The number of hydrogen-bond acceptors (Lipinski definition) is 4. The van der Waals surface area contributed by atoms with Crippen LogP contribution in [0.15, 0.2) is 54.6 Å². The third-order valence-corrected chi connectivity index (χ3v) is 4.99. The van der Waals surface area contributed by atoms with Crippen molar-refractivity contribution in [3.05, 3.63) is 60.3 Å². The summed E-state index contributed by atoms with van der Waals surface area (Å²) in [6.07, 6.45) is 0. The van der Waals surface area contributed by atoms with Crippen molar-refractivity contribution in [2.75, 3.05) is 14.2 Å². The second-order valence-corrected chi connectivity index (χ2v) is 7.23. The highest BCUT2D eigenvalue weighted by atomic mass is 16.5. The molecule has 1 N–H and O–H groups in total. The first-order valence-corrected chi connectivity index (χ1v) is 9.63. The van der Waals surface area contributed by atoms with Gasteiger partial charge in [0.25, 0.3) is 5.91 Å². The van der Waals surface area contributed by atoms with Gasteiger partial charge in [-0.15, -0.1) is 0 Å². The van der Waals surface area contributed by atoms with E-state index in [2.05, 4.69) is 19.2 Å². The zero-order valence-corrected chi connectivity index (χ0v) is 17.5. The van der Waals surface area contributed by atoms with E-state index in [0.29, 0.717) is 28.8 Å². The summed E-state index contributed by atoms with van der Waals surface area (Å²) in [5.41, 5.74) is 2.72. The predicted octanol–water partition coefficient (Wildman–Crippen LogP) is 4.33. The molecule has 2 aromatic carbocycles. The van der Waals surface area contributed by atoms with E-state index in [1.807, 2.05) is 49.4 Å². The van der Waals surface area contributed by atoms with Crippen LogP contribution in [0, 0.1) is 5.92 Å². The summed E-state index contributed by atoms with van der Waals surface area (Å²) in [6.45, 7) is 6.15. The first-order valence-electron chi connectivity index (χ1n) is 9.63. The van der Waals surface area contributed by atoms with Gasteiger partial charge in [-0.25, -0.2) is 4.68 Å². The Morgan fingerprint density at radius 1 is 1.00 bits per heavy atom. The molecule has 0 radical (unpaired) electrons. The molecule has 0 unspecified atom stereocenters. The van der Waals surface area contributed by atoms with Crippen molar-refractivity contribution < 1.29 is 14.3 Å². The van der Waals surface area contributed by atoms with Gasteiger partial charge in [-0.05, 0) is 43.2 Å². The zero-order valence-electron chi connectivity index (χ0n) is 17.5. The summed E-state index contributed by atoms with van der Waals surface area (Å²) in [4.78, 5) is 13.0. The molecular formula is C23H27N3O3. The van der Waals surface area contributed by atoms with Gasteiger partial charge in [0.2, 0.25) is 0 Å². The number of ether oxygens (including phenoxy) is 2. The number of amides is 1. The van der Waals surface area contributed by atoms with Gasteiger partial charge in [0.1, 0.15) is 17.2 Å². The molecule has 0 fully saturated rings. The number of benzene rings is 2. The molecule has 1 amide bonds. The Balaban J connectivity index is 2.09. The lowest BCUT2D eigenvalue weighted by atomic mass is 10.1. The number of aromatic nitrogens is 2. The van der Waals surface area contributed by atoms with Crippen LogP contribution >= 0.6 is 0 Å². The maximum Gasteiger partial charge on any atom is 0.270 e. The lowest BCUT2D eigenvalue weighted by molar-refractivity contribution is 0.0922. The van der Waals surface area contributed by atoms with E-state index >= 15 is 0 Å². The average Bonchev–Trinajstić information content (AvgIpc) is 3.19. The van der Waals surface area contributed by atoms with Crippen molar-refractivity contribution in [2.24, 2.45) is 5.92 Å². The highest BCUT2D eigenvalue weighted by molar-refractivity contribution is 5.94. The molecule has 0 aliphatic rings. The summed E-state index contributed by atoms with van der Waals surface area (Å²) in [5.74, 6) is 1.48. The van der Waals surface area contributed by atoms with Crippen molar-refractivity contribution in [3.8, 4) is 28.4 Å². The fraction of sp³-hybridized carbons (Fsp3) is 0.304. The highest BCUT2D eigenvalue weighted by Crippen LogP contribution is 2.33. The minimum atomic E-state index is -0.165. The molecule has 0 bridgehead atoms. The number of hydrogen-bond donors (Lipinski definition) is 1. The van der Waals surface area contributed by atoms with Gasteiger partial charge in [-0.3, -0.25) is 4.79 Å². The van der Waals surface area contributed by atoms with Crippen LogP contribution in [-0.2, 0) is 0 Å². The molecule has 0 saturated carbocycles. The second kappa shape index (κ2) is 8.82. The molecule has 29 heavy (non-hydrogen) atoms. The number of nitrogens with zero attached hydrogens (tertiary/aromatic N) is 2. The molecule has 0 aliphatic heterocycles. The molecule has 0 spiro atoms. The van der Waals surface area contributed by atoms with Crippen LogP contribution in [0.25, 0.3) is 16.9 Å². The largest absolute Gasteiger partial charge is 0.497 e. The van der Waals surface area contributed by atoms with Gasteiger partial charge in [-0.2, -0.15) is 5.10 Å². The lowest BCUT2D eigenvalue weighted by Gasteiger charge is -2.17. The third kappa shape index (κ3) is 4.42. The van der Waals surface area contributed by atoms with Gasteiger partial charge in [0, 0.05) is 17.7 Å². The van der Waals surface area contributed by atoms with Crippen molar-refractivity contribution in [1.82, 2.24) is 15.1 Å². The highest BCUT2D eigenvalue weighted by Gasteiger charge is 2.21. The van der Waals surface area contributed by atoms with E-state index in [9.17, 15) is 4.79 Å². The molecular weight excluding hydrogens is 366 g/mol. The number of nitrogens with one attached hydrogen (secondary N) is 1. The van der Waals surface area contributed by atoms with E-state index in [-0.39, 0.29) is 11.9 Å². The summed E-state index contributed by atoms with van der Waals surface area (Å²) >= 11 is 0. The van der Waals surface area contributed by atoms with E-state index in [0.717, 1.165) is 11.3 Å². The lowest BCUT2D eigenvalue weighted by Crippen LogP contribution is -2.37.